The number of benzene rings is 1. The second-order valence-electron chi connectivity index (χ2n) is 4.72. The smallest absolute Gasteiger partial charge is 0.242 e. The number of likely N-dealkylation sites (N-methyl/N-ethyl adjacent to an activating group) is 1. The molecule has 114 valence electrons. The summed E-state index contributed by atoms with van der Waals surface area (Å²) in [5.41, 5.74) is 0.653. The molecular weight excluding hydrogens is 274 g/mol. The van der Waals surface area contributed by atoms with E-state index in [2.05, 4.69) is 21.9 Å². The molecule has 1 aromatic rings. The standard InChI is InChI=1S/C14H25N3O2S/c1-4-10-16-20(18,19)14-9-7-6-8-13(14)15-11-12-17(3)5-2/h6-9,15-16H,4-5,10-12H2,1-3H3. The van der Waals surface area contributed by atoms with Crippen molar-refractivity contribution in [3.8, 4) is 0 Å². The zero-order valence-electron chi connectivity index (χ0n) is 12.5. The number of para-hydroxylation sites is 1. The Kier molecular flexibility index (Phi) is 6.98. The first kappa shape index (κ1) is 16.9. The van der Waals surface area contributed by atoms with Gasteiger partial charge in [0.25, 0.3) is 0 Å². The van der Waals surface area contributed by atoms with Crippen molar-refractivity contribution in [1.82, 2.24) is 9.62 Å². The average molecular weight is 299 g/mol. The third-order valence-corrected chi connectivity index (χ3v) is 4.59. The summed E-state index contributed by atoms with van der Waals surface area (Å²) in [5.74, 6) is 0. The number of anilines is 1. The molecule has 0 aliphatic heterocycles. The van der Waals surface area contributed by atoms with Crippen LogP contribution in [0.5, 0.6) is 0 Å². The van der Waals surface area contributed by atoms with Gasteiger partial charge < -0.3 is 10.2 Å². The molecule has 2 N–H and O–H groups in total. The summed E-state index contributed by atoms with van der Waals surface area (Å²) < 4.78 is 27.0. The molecule has 0 spiro atoms. The molecule has 1 rings (SSSR count). The van der Waals surface area contributed by atoms with Gasteiger partial charge in [0.2, 0.25) is 10.0 Å². The van der Waals surface area contributed by atoms with E-state index in [1.54, 1.807) is 18.2 Å². The highest BCUT2D eigenvalue weighted by atomic mass is 32.2. The van der Waals surface area contributed by atoms with Crippen molar-refractivity contribution >= 4 is 15.7 Å². The summed E-state index contributed by atoms with van der Waals surface area (Å²) in [6.45, 7) is 7.03. The van der Waals surface area contributed by atoms with Crippen molar-refractivity contribution in [2.24, 2.45) is 0 Å². The highest BCUT2D eigenvalue weighted by molar-refractivity contribution is 7.89. The van der Waals surface area contributed by atoms with Crippen LogP contribution >= 0.6 is 0 Å². The molecule has 0 unspecified atom stereocenters. The number of nitrogens with one attached hydrogen (secondary N) is 2. The lowest BCUT2D eigenvalue weighted by Crippen LogP contribution is -2.27. The van der Waals surface area contributed by atoms with Crippen LogP contribution < -0.4 is 10.0 Å². The highest BCUT2D eigenvalue weighted by Gasteiger charge is 2.17. The van der Waals surface area contributed by atoms with Crippen molar-refractivity contribution in [3.63, 3.8) is 0 Å². The highest BCUT2D eigenvalue weighted by Crippen LogP contribution is 2.20. The van der Waals surface area contributed by atoms with Crippen LogP contribution in [0.2, 0.25) is 0 Å². The van der Waals surface area contributed by atoms with Gasteiger partial charge in [-0.1, -0.05) is 26.0 Å². The summed E-state index contributed by atoms with van der Waals surface area (Å²) in [7, 11) is -1.40. The minimum Gasteiger partial charge on any atom is -0.383 e. The van der Waals surface area contributed by atoms with Crippen LogP contribution in [0, 0.1) is 0 Å². The summed E-state index contributed by atoms with van der Waals surface area (Å²) in [5, 5.41) is 3.20. The van der Waals surface area contributed by atoms with E-state index in [4.69, 9.17) is 0 Å². The molecule has 0 aromatic heterocycles. The van der Waals surface area contributed by atoms with Gasteiger partial charge in [0, 0.05) is 19.6 Å². The Morgan fingerprint density at radius 3 is 2.50 bits per heavy atom. The minimum atomic E-state index is -3.44. The third kappa shape index (κ3) is 5.11. The lowest BCUT2D eigenvalue weighted by molar-refractivity contribution is 0.367. The van der Waals surface area contributed by atoms with Crippen LogP contribution in [0.4, 0.5) is 5.69 Å². The van der Waals surface area contributed by atoms with E-state index < -0.39 is 10.0 Å². The van der Waals surface area contributed by atoms with Gasteiger partial charge in [0.1, 0.15) is 4.90 Å². The molecule has 0 bridgehead atoms. The van der Waals surface area contributed by atoms with Crippen molar-refractivity contribution < 1.29 is 8.42 Å². The molecule has 0 radical (unpaired) electrons. The Morgan fingerprint density at radius 1 is 1.15 bits per heavy atom. The number of rotatable bonds is 9. The molecule has 20 heavy (non-hydrogen) atoms. The number of nitrogens with zero attached hydrogens (tertiary/aromatic N) is 1. The van der Waals surface area contributed by atoms with Crippen molar-refractivity contribution in [3.05, 3.63) is 24.3 Å². The van der Waals surface area contributed by atoms with E-state index in [9.17, 15) is 8.42 Å². The molecular formula is C14H25N3O2S. The normalized spacial score (nSPS) is 11.8. The second-order valence-corrected chi connectivity index (χ2v) is 6.45. The Hall–Kier alpha value is -1.11. The summed E-state index contributed by atoms with van der Waals surface area (Å²) in [6, 6.07) is 7.00. The Labute approximate surface area is 122 Å². The van der Waals surface area contributed by atoms with Crippen molar-refractivity contribution in [2.75, 3.05) is 38.5 Å². The van der Waals surface area contributed by atoms with Gasteiger partial charge in [-0.2, -0.15) is 0 Å². The van der Waals surface area contributed by atoms with Gasteiger partial charge in [-0.15, -0.1) is 0 Å². The zero-order chi connectivity index (χ0) is 15.0. The Balaban J connectivity index is 2.78. The predicted octanol–water partition coefficient (Wildman–Crippen LogP) is 1.74. The van der Waals surface area contributed by atoms with Crippen molar-refractivity contribution in [1.29, 1.82) is 0 Å². The van der Waals surface area contributed by atoms with E-state index in [1.165, 1.54) is 0 Å². The van der Waals surface area contributed by atoms with Gasteiger partial charge in [-0.3, -0.25) is 0 Å². The van der Waals surface area contributed by atoms with Crippen LogP contribution in [0.1, 0.15) is 20.3 Å². The Morgan fingerprint density at radius 2 is 1.85 bits per heavy atom. The van der Waals surface area contributed by atoms with Gasteiger partial charge in [-0.05, 0) is 32.1 Å². The van der Waals surface area contributed by atoms with E-state index >= 15 is 0 Å². The van der Waals surface area contributed by atoms with Gasteiger partial charge in [0.15, 0.2) is 0 Å². The lowest BCUT2D eigenvalue weighted by atomic mass is 10.3. The quantitative estimate of drug-likeness (QED) is 0.729. The molecule has 6 heteroatoms. The first-order valence-corrected chi connectivity index (χ1v) is 8.50. The van der Waals surface area contributed by atoms with Gasteiger partial charge in [0.05, 0.1) is 5.69 Å². The fourth-order valence-corrected chi connectivity index (χ4v) is 3.02. The first-order chi connectivity index (χ1) is 9.51. The molecule has 0 saturated heterocycles. The molecule has 0 saturated carbocycles. The van der Waals surface area contributed by atoms with E-state index in [1.807, 2.05) is 20.0 Å². The topological polar surface area (TPSA) is 61.4 Å². The average Bonchev–Trinajstić information content (AvgIpc) is 2.45. The fourth-order valence-electron chi connectivity index (χ4n) is 1.70. The first-order valence-electron chi connectivity index (χ1n) is 7.02. The monoisotopic (exact) mass is 299 g/mol. The predicted molar refractivity (Wildman–Crippen MR) is 83.6 cm³/mol. The second kappa shape index (κ2) is 8.24. The SMILES string of the molecule is CCCNS(=O)(=O)c1ccccc1NCCN(C)CC. The third-order valence-electron chi connectivity index (χ3n) is 3.07. The van der Waals surface area contributed by atoms with Crippen molar-refractivity contribution in [2.45, 2.75) is 25.2 Å². The van der Waals surface area contributed by atoms with E-state index in [-0.39, 0.29) is 0 Å². The van der Waals surface area contributed by atoms with Crippen LogP contribution in [0.15, 0.2) is 29.2 Å². The maximum Gasteiger partial charge on any atom is 0.242 e. The lowest BCUT2D eigenvalue weighted by Gasteiger charge is -2.16. The maximum absolute atomic E-state index is 12.2. The number of hydrogen-bond acceptors (Lipinski definition) is 4. The zero-order valence-corrected chi connectivity index (χ0v) is 13.3. The molecule has 0 aliphatic carbocycles. The molecule has 0 atom stereocenters. The maximum atomic E-state index is 12.2. The van der Waals surface area contributed by atoms with Crippen LogP contribution in [0.3, 0.4) is 0 Å². The van der Waals surface area contributed by atoms with Gasteiger partial charge in [-0.25, -0.2) is 13.1 Å². The summed E-state index contributed by atoms with van der Waals surface area (Å²) in [4.78, 5) is 2.48. The Bertz CT molecular complexity index is 503. The van der Waals surface area contributed by atoms with E-state index in [0.717, 1.165) is 19.5 Å². The van der Waals surface area contributed by atoms with E-state index in [0.29, 0.717) is 23.7 Å². The van der Waals surface area contributed by atoms with Crippen LogP contribution in [-0.4, -0.2) is 46.5 Å². The minimum absolute atomic E-state index is 0.313. The molecule has 0 amide bonds. The van der Waals surface area contributed by atoms with Crippen LogP contribution in [-0.2, 0) is 10.0 Å². The molecule has 0 heterocycles. The summed E-state index contributed by atoms with van der Waals surface area (Å²) >= 11 is 0. The number of hydrogen-bond donors (Lipinski definition) is 2. The number of sulfonamides is 1. The molecule has 0 fully saturated rings. The molecule has 5 nitrogen and oxygen atoms in total. The van der Waals surface area contributed by atoms with Gasteiger partial charge >= 0.3 is 0 Å². The van der Waals surface area contributed by atoms with Crippen LogP contribution in [0.25, 0.3) is 0 Å². The molecule has 1 aromatic carbocycles. The summed E-state index contributed by atoms with van der Waals surface area (Å²) in [6.07, 6.45) is 0.774. The molecule has 0 aliphatic rings. The fraction of sp³-hybridized carbons (Fsp3) is 0.571. The largest absolute Gasteiger partial charge is 0.383 e.